The van der Waals surface area contributed by atoms with Crippen molar-refractivity contribution in [1.29, 1.82) is 0 Å². The summed E-state index contributed by atoms with van der Waals surface area (Å²) in [5.74, 6) is -0.136. The molecule has 334 valence electrons. The van der Waals surface area contributed by atoms with E-state index in [1.54, 1.807) is 17.1 Å². The van der Waals surface area contributed by atoms with Crippen molar-refractivity contribution in [2.75, 3.05) is 59.4 Å². The zero-order valence-corrected chi connectivity index (χ0v) is 36.1. The molecule has 12 nitrogen and oxygen atoms in total. The van der Waals surface area contributed by atoms with Gasteiger partial charge in [0.05, 0.1) is 44.7 Å². The number of aliphatic hydroxyl groups is 3. The highest BCUT2D eigenvalue weighted by molar-refractivity contribution is 6.03. The number of benzene rings is 3. The second-order valence-electron chi connectivity index (χ2n) is 15.9. The molecule has 1 saturated carbocycles. The molecule has 0 radical (unpaired) electrons. The van der Waals surface area contributed by atoms with Gasteiger partial charge in [-0.2, -0.15) is 0 Å². The van der Waals surface area contributed by atoms with Crippen LogP contribution in [0.25, 0.3) is 11.1 Å². The number of hydrogen-bond acceptors (Lipinski definition) is 11. The van der Waals surface area contributed by atoms with Crippen LogP contribution in [0.2, 0.25) is 0 Å². The first kappa shape index (κ1) is 46.5. The minimum Gasteiger partial charge on any atom is -0.459 e. The van der Waals surface area contributed by atoms with E-state index in [4.69, 9.17) is 33.7 Å². The summed E-state index contributed by atoms with van der Waals surface area (Å²) < 4.78 is 32.5. The summed E-state index contributed by atoms with van der Waals surface area (Å²) in [6, 6.07) is 23.4. The quantitative estimate of drug-likeness (QED) is 0.0429. The average Bonchev–Trinajstić information content (AvgIpc) is 3.29. The molecule has 1 heterocycles. The van der Waals surface area contributed by atoms with Crippen LogP contribution in [0, 0.1) is 17.8 Å². The molecule has 1 fully saturated rings. The van der Waals surface area contributed by atoms with Crippen molar-refractivity contribution in [3.63, 3.8) is 0 Å². The summed E-state index contributed by atoms with van der Waals surface area (Å²) in [6.07, 6.45) is 10.4. The number of carbonyl (C=O) groups is 1. The lowest BCUT2D eigenvalue weighted by Crippen LogP contribution is -2.70. The summed E-state index contributed by atoms with van der Waals surface area (Å²) in [5.41, 5.74) is 4.76. The zero-order chi connectivity index (χ0) is 43.7. The number of oxime groups is 1. The van der Waals surface area contributed by atoms with Crippen molar-refractivity contribution in [3.8, 4) is 28.4 Å². The van der Waals surface area contributed by atoms with Crippen LogP contribution in [-0.2, 0) is 19.0 Å². The van der Waals surface area contributed by atoms with Crippen LogP contribution in [0.5, 0.6) is 17.2 Å². The van der Waals surface area contributed by atoms with E-state index >= 15 is 0 Å². The SMILES string of the molecule is C=CCCOC(=O)N(CCOCCO)[C@H]1CC(=NOCC)C2=C[C@H](CCCCO)[C@@H](CCCCO)[C@@H]3c4cc(Oc5ccc(-c6ccccc6)cc5)ccc4O[C@@]1(OCC=C)[C@H]23. The molecule has 6 atom stereocenters. The van der Waals surface area contributed by atoms with Gasteiger partial charge in [-0.05, 0) is 97.9 Å². The Labute approximate surface area is 366 Å². The molecule has 0 aromatic heterocycles. The molecule has 1 aliphatic heterocycles. The van der Waals surface area contributed by atoms with Crippen molar-refractivity contribution in [3.05, 3.63) is 115 Å². The summed E-state index contributed by atoms with van der Waals surface area (Å²) in [4.78, 5) is 21.8. The molecule has 6 rings (SSSR count). The second kappa shape index (κ2) is 23.5. The van der Waals surface area contributed by atoms with Crippen molar-refractivity contribution in [1.82, 2.24) is 4.90 Å². The fourth-order valence-electron chi connectivity index (χ4n) is 9.35. The first-order chi connectivity index (χ1) is 30.4. The molecule has 62 heavy (non-hydrogen) atoms. The van der Waals surface area contributed by atoms with Gasteiger partial charge >= 0.3 is 6.09 Å². The van der Waals surface area contributed by atoms with Crippen molar-refractivity contribution in [2.24, 2.45) is 22.9 Å². The van der Waals surface area contributed by atoms with Gasteiger partial charge in [0.25, 0.3) is 0 Å². The summed E-state index contributed by atoms with van der Waals surface area (Å²) in [7, 11) is 0. The Morgan fingerprint density at radius 3 is 2.34 bits per heavy atom. The Morgan fingerprint density at radius 1 is 0.887 bits per heavy atom. The third kappa shape index (κ3) is 11.0. The van der Waals surface area contributed by atoms with Crippen molar-refractivity contribution < 1.29 is 48.6 Å². The minimum atomic E-state index is -1.46. The highest BCUT2D eigenvalue weighted by Crippen LogP contribution is 2.62. The van der Waals surface area contributed by atoms with Gasteiger partial charge in [-0.25, -0.2) is 4.79 Å². The van der Waals surface area contributed by atoms with Crippen molar-refractivity contribution >= 4 is 11.8 Å². The monoisotopic (exact) mass is 852 g/mol. The number of rotatable bonds is 25. The maximum absolute atomic E-state index is 14.3. The van der Waals surface area contributed by atoms with Gasteiger partial charge in [0.1, 0.15) is 29.9 Å². The zero-order valence-electron chi connectivity index (χ0n) is 36.1. The minimum absolute atomic E-state index is 0.0386. The van der Waals surface area contributed by atoms with E-state index in [-0.39, 0.29) is 77.0 Å². The van der Waals surface area contributed by atoms with E-state index in [1.165, 1.54) is 0 Å². The lowest BCUT2D eigenvalue weighted by Gasteiger charge is -2.59. The number of fused-ring (bicyclic) bond motifs is 2. The van der Waals surface area contributed by atoms with Crippen LogP contribution in [0.1, 0.15) is 69.8 Å². The number of unbranched alkanes of at least 4 members (excludes halogenated alkanes) is 2. The number of allylic oxidation sites excluding steroid dienone is 1. The molecule has 0 saturated heterocycles. The van der Waals surface area contributed by atoms with Gasteiger partial charge in [0, 0.05) is 37.7 Å². The van der Waals surface area contributed by atoms with E-state index < -0.39 is 23.8 Å². The van der Waals surface area contributed by atoms with E-state index in [0.29, 0.717) is 48.8 Å². The predicted molar refractivity (Wildman–Crippen MR) is 239 cm³/mol. The molecule has 12 heteroatoms. The standard InChI is InChI=1S/C50H64N2O10/c1-4-7-30-58-49(56)52(25-31-57-32-28-55)46-35-44(51-60-6-3)42-33-38(17-11-13-26-53)41(18-12-14-27-54)47-43-34-40(23-24-45(43)62-50(46,48(42)47)59-29-5-2)61-39-21-19-37(20-22-39)36-15-9-8-10-16-36/h4-5,8-10,15-16,19-24,33-34,38,41,46-48,53-55H,1-2,6-7,11-14,17-18,25-32,35H2,3H3/t38-,41+,46-,47+,48+,50+/m0/s1. The van der Waals surface area contributed by atoms with Crippen LogP contribution in [-0.4, -0.2) is 103 Å². The van der Waals surface area contributed by atoms with E-state index in [2.05, 4.69) is 37.4 Å². The number of amides is 1. The molecule has 3 aromatic carbocycles. The number of nitrogens with zero attached hydrogens (tertiary/aromatic N) is 2. The topological polar surface area (TPSA) is 149 Å². The average molecular weight is 853 g/mol. The maximum Gasteiger partial charge on any atom is 0.410 e. The normalized spacial score (nSPS) is 23.0. The predicted octanol–water partition coefficient (Wildman–Crippen LogP) is 8.82. The highest BCUT2D eigenvalue weighted by atomic mass is 16.7. The van der Waals surface area contributed by atoms with Crippen LogP contribution >= 0.6 is 0 Å². The first-order valence-corrected chi connectivity index (χ1v) is 22.2. The molecule has 3 N–H and O–H groups in total. The lowest BCUT2D eigenvalue weighted by molar-refractivity contribution is -0.256. The molecular weight excluding hydrogens is 789 g/mol. The summed E-state index contributed by atoms with van der Waals surface area (Å²) in [6.45, 7) is 10.6. The Balaban J connectivity index is 1.52. The Hall–Kier alpha value is -4.98. The van der Waals surface area contributed by atoms with Crippen LogP contribution in [0.4, 0.5) is 4.79 Å². The fourth-order valence-corrected chi connectivity index (χ4v) is 9.35. The third-order valence-electron chi connectivity index (χ3n) is 12.0. The Bertz CT molecular complexity index is 1950. The van der Waals surface area contributed by atoms with Crippen LogP contribution in [0.3, 0.4) is 0 Å². The number of carbonyl (C=O) groups excluding carboxylic acids is 1. The van der Waals surface area contributed by atoms with E-state index in [0.717, 1.165) is 47.9 Å². The molecule has 0 spiro atoms. The highest BCUT2D eigenvalue weighted by Gasteiger charge is 2.65. The van der Waals surface area contributed by atoms with Crippen LogP contribution in [0.15, 0.2) is 115 Å². The van der Waals surface area contributed by atoms with E-state index in [1.807, 2.05) is 61.5 Å². The molecule has 1 amide bonds. The largest absolute Gasteiger partial charge is 0.459 e. The molecule has 0 bridgehead atoms. The Kier molecular flexibility index (Phi) is 17.6. The molecule has 3 aromatic rings. The van der Waals surface area contributed by atoms with Gasteiger partial charge in [0.2, 0.25) is 5.79 Å². The third-order valence-corrected chi connectivity index (χ3v) is 12.0. The molecule has 0 unspecified atom stereocenters. The van der Waals surface area contributed by atoms with Gasteiger partial charge < -0.3 is 43.8 Å². The number of ether oxygens (including phenoxy) is 5. The lowest BCUT2D eigenvalue weighted by atomic mass is 9.55. The van der Waals surface area contributed by atoms with Crippen LogP contribution < -0.4 is 9.47 Å². The maximum atomic E-state index is 14.3. The number of aliphatic hydroxyl groups excluding tert-OH is 3. The molecule has 2 aliphatic carbocycles. The Morgan fingerprint density at radius 2 is 1.63 bits per heavy atom. The number of hydrogen-bond donors (Lipinski definition) is 3. The summed E-state index contributed by atoms with van der Waals surface area (Å²) >= 11 is 0. The smallest absolute Gasteiger partial charge is 0.410 e. The first-order valence-electron chi connectivity index (χ1n) is 22.2. The molecule has 3 aliphatic rings. The van der Waals surface area contributed by atoms with Gasteiger partial charge in [0.15, 0.2) is 0 Å². The second-order valence-corrected chi connectivity index (χ2v) is 15.9. The van der Waals surface area contributed by atoms with Gasteiger partial charge in [-0.1, -0.05) is 78.7 Å². The molecular formula is C50H64N2O10. The summed E-state index contributed by atoms with van der Waals surface area (Å²) in [5, 5.41) is 34.1. The van der Waals surface area contributed by atoms with Gasteiger partial charge in [-0.15, -0.1) is 13.2 Å². The van der Waals surface area contributed by atoms with Crippen molar-refractivity contribution in [2.45, 2.75) is 76.0 Å². The fraction of sp³-hybridized carbons (Fsp3) is 0.480. The van der Waals surface area contributed by atoms with E-state index in [9.17, 15) is 20.1 Å². The van der Waals surface area contributed by atoms with Gasteiger partial charge in [-0.3, -0.25) is 4.90 Å².